The fraction of sp³-hybridized carbons (Fsp3) is 0.500. The molecule has 17 heavy (non-hydrogen) atoms. The summed E-state index contributed by atoms with van der Waals surface area (Å²) in [7, 11) is 0. The summed E-state index contributed by atoms with van der Waals surface area (Å²) in [6, 6.07) is 6.00. The van der Waals surface area contributed by atoms with E-state index < -0.39 is 0 Å². The second-order valence-corrected chi connectivity index (χ2v) is 5.47. The molecule has 0 aliphatic carbocycles. The van der Waals surface area contributed by atoms with Crippen molar-refractivity contribution in [1.29, 1.82) is 0 Å². The largest absolute Gasteiger partial charge is 0.309 e. The first-order valence-electron chi connectivity index (χ1n) is 5.72. The minimum atomic E-state index is -0.315. The number of hydrogen-bond acceptors (Lipinski definition) is 4. The number of benzene rings is 1. The Bertz CT molecular complexity index is 417. The van der Waals surface area contributed by atoms with Gasteiger partial charge in [-0.1, -0.05) is 12.1 Å². The molecule has 1 fully saturated rings. The van der Waals surface area contributed by atoms with Gasteiger partial charge >= 0.3 is 0 Å². The molecule has 92 valence electrons. The molecule has 0 bridgehead atoms. The van der Waals surface area contributed by atoms with Crippen LogP contribution in [0.2, 0.25) is 0 Å². The Morgan fingerprint density at radius 3 is 3.06 bits per heavy atom. The molecule has 0 saturated carbocycles. The highest BCUT2D eigenvalue weighted by atomic mass is 32.2. The van der Waals surface area contributed by atoms with Crippen LogP contribution in [0.3, 0.4) is 0 Å². The van der Waals surface area contributed by atoms with Crippen molar-refractivity contribution in [3.05, 3.63) is 39.4 Å². The van der Waals surface area contributed by atoms with Crippen molar-refractivity contribution in [1.82, 2.24) is 5.32 Å². The van der Waals surface area contributed by atoms with Gasteiger partial charge in [-0.05, 0) is 24.7 Å². The highest BCUT2D eigenvalue weighted by molar-refractivity contribution is 7.99. The summed E-state index contributed by atoms with van der Waals surface area (Å²) < 4.78 is 0. The number of nitrogens with one attached hydrogen (secondary N) is 1. The van der Waals surface area contributed by atoms with Crippen molar-refractivity contribution in [2.75, 3.05) is 11.5 Å². The fourth-order valence-corrected chi connectivity index (χ4v) is 3.11. The molecule has 0 spiro atoms. The number of nitrogens with zero attached hydrogens (tertiary/aromatic N) is 1. The number of nitro groups is 1. The summed E-state index contributed by atoms with van der Waals surface area (Å²) in [5.41, 5.74) is 1.92. The summed E-state index contributed by atoms with van der Waals surface area (Å²) >= 11 is 1.96. The van der Waals surface area contributed by atoms with Crippen LogP contribution in [0.5, 0.6) is 0 Å². The zero-order valence-electron chi connectivity index (χ0n) is 9.81. The molecule has 0 radical (unpaired) electrons. The molecule has 1 aliphatic rings. The Morgan fingerprint density at radius 2 is 2.41 bits per heavy atom. The van der Waals surface area contributed by atoms with Crippen LogP contribution in [0.25, 0.3) is 0 Å². The van der Waals surface area contributed by atoms with Crippen molar-refractivity contribution in [3.63, 3.8) is 0 Å². The van der Waals surface area contributed by atoms with Gasteiger partial charge in [-0.25, -0.2) is 0 Å². The third-order valence-electron chi connectivity index (χ3n) is 2.99. The number of rotatable bonds is 4. The summed E-state index contributed by atoms with van der Waals surface area (Å²) in [4.78, 5) is 10.5. The molecule has 0 amide bonds. The number of aryl methyl sites for hydroxylation is 1. The first-order valence-corrected chi connectivity index (χ1v) is 6.87. The van der Waals surface area contributed by atoms with Gasteiger partial charge in [0.2, 0.25) is 0 Å². The van der Waals surface area contributed by atoms with Crippen LogP contribution in [0.1, 0.15) is 17.5 Å². The van der Waals surface area contributed by atoms with Gasteiger partial charge in [-0.15, -0.1) is 0 Å². The topological polar surface area (TPSA) is 55.2 Å². The molecular weight excluding hydrogens is 236 g/mol. The fourth-order valence-electron chi connectivity index (χ4n) is 1.92. The van der Waals surface area contributed by atoms with E-state index in [0.29, 0.717) is 12.6 Å². The maximum absolute atomic E-state index is 10.8. The van der Waals surface area contributed by atoms with Crippen molar-refractivity contribution < 1.29 is 4.92 Å². The molecule has 1 aliphatic heterocycles. The minimum absolute atomic E-state index is 0.213. The van der Waals surface area contributed by atoms with Gasteiger partial charge in [0.05, 0.1) is 4.92 Å². The van der Waals surface area contributed by atoms with Crippen molar-refractivity contribution >= 4 is 17.4 Å². The number of nitro benzene ring substituents is 1. The Morgan fingerprint density at radius 1 is 1.59 bits per heavy atom. The standard InChI is InChI=1S/C12H16N2O2S/c1-9-2-3-10(6-12(9)14(15)16)7-13-11-4-5-17-8-11/h2-3,6,11,13H,4-5,7-8H2,1H3. The summed E-state index contributed by atoms with van der Waals surface area (Å²) in [6.45, 7) is 2.48. The lowest BCUT2D eigenvalue weighted by Crippen LogP contribution is -2.27. The zero-order chi connectivity index (χ0) is 12.3. The maximum atomic E-state index is 10.8. The second-order valence-electron chi connectivity index (χ2n) is 4.32. The van der Waals surface area contributed by atoms with E-state index in [2.05, 4.69) is 5.32 Å². The highest BCUT2D eigenvalue weighted by Crippen LogP contribution is 2.20. The van der Waals surface area contributed by atoms with Gasteiger partial charge in [-0.2, -0.15) is 11.8 Å². The van der Waals surface area contributed by atoms with Gasteiger partial charge in [-0.3, -0.25) is 10.1 Å². The van der Waals surface area contributed by atoms with Gasteiger partial charge in [0.15, 0.2) is 0 Å². The minimum Gasteiger partial charge on any atom is -0.309 e. The molecule has 1 unspecified atom stereocenters. The zero-order valence-corrected chi connectivity index (χ0v) is 10.6. The molecule has 0 aromatic heterocycles. The van der Waals surface area contributed by atoms with Crippen molar-refractivity contribution in [2.45, 2.75) is 25.9 Å². The molecule has 5 heteroatoms. The Kier molecular flexibility index (Phi) is 4.02. The average molecular weight is 252 g/mol. The lowest BCUT2D eigenvalue weighted by Gasteiger charge is -2.11. The Hall–Kier alpha value is -1.07. The lowest BCUT2D eigenvalue weighted by molar-refractivity contribution is -0.385. The van der Waals surface area contributed by atoms with E-state index in [1.165, 1.54) is 12.2 Å². The third-order valence-corrected chi connectivity index (χ3v) is 4.16. The lowest BCUT2D eigenvalue weighted by atomic mass is 10.1. The molecule has 1 saturated heterocycles. The number of hydrogen-bond donors (Lipinski definition) is 1. The molecular formula is C12H16N2O2S. The second kappa shape index (κ2) is 5.51. The molecule has 1 N–H and O–H groups in total. The van der Waals surface area contributed by atoms with Gasteiger partial charge < -0.3 is 5.32 Å². The maximum Gasteiger partial charge on any atom is 0.272 e. The summed E-state index contributed by atoms with van der Waals surface area (Å²) in [6.07, 6.45) is 1.19. The van der Waals surface area contributed by atoms with Crippen molar-refractivity contribution in [3.8, 4) is 0 Å². The van der Waals surface area contributed by atoms with Crippen molar-refractivity contribution in [2.24, 2.45) is 0 Å². The van der Waals surface area contributed by atoms with Gasteiger partial charge in [0.1, 0.15) is 0 Å². The third kappa shape index (κ3) is 3.20. The predicted octanol–water partition coefficient (Wildman–Crippen LogP) is 2.50. The van der Waals surface area contributed by atoms with E-state index >= 15 is 0 Å². The normalized spacial score (nSPS) is 19.5. The van der Waals surface area contributed by atoms with Crippen LogP contribution in [0, 0.1) is 17.0 Å². The predicted molar refractivity (Wildman–Crippen MR) is 70.4 cm³/mol. The van der Waals surface area contributed by atoms with Crippen LogP contribution in [-0.4, -0.2) is 22.5 Å². The molecule has 1 aromatic carbocycles. The van der Waals surface area contributed by atoms with Gasteiger partial charge in [0.25, 0.3) is 5.69 Å². The van der Waals surface area contributed by atoms with Crippen LogP contribution in [0.15, 0.2) is 18.2 Å². The van der Waals surface area contributed by atoms with Crippen LogP contribution < -0.4 is 5.32 Å². The summed E-state index contributed by atoms with van der Waals surface area (Å²) in [5.74, 6) is 2.36. The summed E-state index contributed by atoms with van der Waals surface area (Å²) in [5, 5.41) is 14.3. The first-order chi connectivity index (χ1) is 8.16. The number of thioether (sulfide) groups is 1. The first kappa shape index (κ1) is 12.4. The van der Waals surface area contributed by atoms with E-state index in [-0.39, 0.29) is 10.6 Å². The molecule has 2 rings (SSSR count). The Balaban J connectivity index is 2.00. The van der Waals surface area contributed by atoms with Crippen LogP contribution in [-0.2, 0) is 6.54 Å². The van der Waals surface area contributed by atoms with Gasteiger partial charge in [0, 0.05) is 30.0 Å². The van der Waals surface area contributed by atoms with E-state index in [9.17, 15) is 10.1 Å². The van der Waals surface area contributed by atoms with E-state index in [4.69, 9.17) is 0 Å². The van der Waals surface area contributed by atoms with E-state index in [1.807, 2.05) is 23.9 Å². The molecule has 1 aromatic rings. The smallest absolute Gasteiger partial charge is 0.272 e. The SMILES string of the molecule is Cc1ccc(CNC2CCSC2)cc1[N+](=O)[O-]. The van der Waals surface area contributed by atoms with E-state index in [1.54, 1.807) is 13.0 Å². The monoisotopic (exact) mass is 252 g/mol. The van der Waals surface area contributed by atoms with E-state index in [0.717, 1.165) is 16.9 Å². The molecule has 4 nitrogen and oxygen atoms in total. The quantitative estimate of drug-likeness (QED) is 0.660. The highest BCUT2D eigenvalue weighted by Gasteiger charge is 2.15. The average Bonchev–Trinajstić information content (AvgIpc) is 2.80. The van der Waals surface area contributed by atoms with Crippen LogP contribution in [0.4, 0.5) is 5.69 Å². The molecule has 1 heterocycles. The van der Waals surface area contributed by atoms with Crippen LogP contribution >= 0.6 is 11.8 Å². The molecule has 1 atom stereocenters. The Labute approximate surface area is 105 Å².